The van der Waals surface area contributed by atoms with Gasteiger partial charge in [0, 0.05) is 50.4 Å². The van der Waals surface area contributed by atoms with Crippen molar-refractivity contribution in [1.82, 2.24) is 4.90 Å². The highest BCUT2D eigenvalue weighted by Crippen LogP contribution is 2.24. The molecule has 0 atom stereocenters. The van der Waals surface area contributed by atoms with Gasteiger partial charge in [0.05, 0.1) is 4.92 Å². The normalized spacial score (nSPS) is 15.9. The van der Waals surface area contributed by atoms with E-state index in [2.05, 4.69) is 4.90 Å². The van der Waals surface area contributed by atoms with Crippen molar-refractivity contribution in [3.63, 3.8) is 0 Å². The Hall–Kier alpha value is -2.57. The summed E-state index contributed by atoms with van der Waals surface area (Å²) in [6.07, 6.45) is 1.28. The monoisotopic (exact) mass is 347 g/mol. The highest BCUT2D eigenvalue weighted by molar-refractivity contribution is 5.70. The van der Waals surface area contributed by atoms with Gasteiger partial charge in [-0.25, -0.2) is 4.79 Å². The molecule has 1 fully saturated rings. The van der Waals surface area contributed by atoms with E-state index < -0.39 is 10.5 Å². The van der Waals surface area contributed by atoms with Crippen LogP contribution >= 0.6 is 0 Å². The minimum absolute atomic E-state index is 0.0971. The standard InChI is InChI=1S/C18H25N3O4/c1-14(21(23)24)13-15-7-5-6-8-16(15)19-9-11-20(12-10-19)17(22)25-18(2,3)4/h5-8,13H,9-12H2,1-4H3. The second kappa shape index (κ2) is 7.55. The number of amides is 1. The van der Waals surface area contributed by atoms with Gasteiger partial charge in [0.2, 0.25) is 5.70 Å². The maximum Gasteiger partial charge on any atom is 0.410 e. The van der Waals surface area contributed by atoms with Crippen LogP contribution in [0.2, 0.25) is 0 Å². The van der Waals surface area contributed by atoms with E-state index >= 15 is 0 Å². The summed E-state index contributed by atoms with van der Waals surface area (Å²) >= 11 is 0. The number of benzene rings is 1. The molecule has 1 heterocycles. The van der Waals surface area contributed by atoms with Gasteiger partial charge < -0.3 is 14.5 Å². The Bertz CT molecular complexity index is 671. The molecule has 1 aromatic rings. The summed E-state index contributed by atoms with van der Waals surface area (Å²) in [7, 11) is 0. The molecular weight excluding hydrogens is 322 g/mol. The van der Waals surface area contributed by atoms with Crippen LogP contribution in [0.15, 0.2) is 30.0 Å². The van der Waals surface area contributed by atoms with Gasteiger partial charge in [-0.15, -0.1) is 0 Å². The van der Waals surface area contributed by atoms with Crippen LogP contribution in [0.1, 0.15) is 33.3 Å². The zero-order valence-corrected chi connectivity index (χ0v) is 15.2. The zero-order chi connectivity index (χ0) is 18.6. The van der Waals surface area contributed by atoms with E-state index in [0.717, 1.165) is 11.3 Å². The number of ether oxygens (including phenoxy) is 1. The number of piperazine rings is 1. The lowest BCUT2D eigenvalue weighted by molar-refractivity contribution is -0.422. The van der Waals surface area contributed by atoms with Crippen LogP contribution in [0.5, 0.6) is 0 Å². The van der Waals surface area contributed by atoms with Gasteiger partial charge in [-0.3, -0.25) is 10.1 Å². The summed E-state index contributed by atoms with van der Waals surface area (Å²) < 4.78 is 5.40. The van der Waals surface area contributed by atoms with Crippen LogP contribution in [0, 0.1) is 10.1 Å². The van der Waals surface area contributed by atoms with Gasteiger partial charge in [0.1, 0.15) is 5.60 Å². The van der Waals surface area contributed by atoms with Gasteiger partial charge in [-0.05, 0) is 26.8 Å². The first-order chi connectivity index (χ1) is 11.7. The number of nitro groups is 1. The SMILES string of the molecule is CC(=Cc1ccccc1N1CCN(C(=O)OC(C)(C)C)CC1)[N+](=O)[O-]. The molecule has 0 saturated carbocycles. The van der Waals surface area contributed by atoms with Gasteiger partial charge in [0.25, 0.3) is 0 Å². The second-order valence-corrected chi connectivity index (χ2v) is 7.06. The molecule has 0 unspecified atom stereocenters. The molecule has 25 heavy (non-hydrogen) atoms. The average molecular weight is 347 g/mol. The molecule has 0 aromatic heterocycles. The molecular formula is C18H25N3O4. The second-order valence-electron chi connectivity index (χ2n) is 7.06. The van der Waals surface area contributed by atoms with Gasteiger partial charge in [0.15, 0.2) is 0 Å². The van der Waals surface area contributed by atoms with Crippen molar-refractivity contribution in [2.24, 2.45) is 0 Å². The molecule has 0 spiro atoms. The first kappa shape index (κ1) is 18.8. The summed E-state index contributed by atoms with van der Waals surface area (Å²) in [5.41, 5.74) is 1.33. The first-order valence-electron chi connectivity index (χ1n) is 8.32. The molecule has 7 heteroatoms. The minimum Gasteiger partial charge on any atom is -0.444 e. The topological polar surface area (TPSA) is 75.9 Å². The zero-order valence-electron chi connectivity index (χ0n) is 15.2. The largest absolute Gasteiger partial charge is 0.444 e. The van der Waals surface area contributed by atoms with Crippen LogP contribution in [0.25, 0.3) is 6.08 Å². The fourth-order valence-electron chi connectivity index (χ4n) is 2.63. The predicted molar refractivity (Wildman–Crippen MR) is 97.1 cm³/mol. The van der Waals surface area contributed by atoms with Gasteiger partial charge in [-0.2, -0.15) is 0 Å². The Morgan fingerprint density at radius 2 is 1.80 bits per heavy atom. The number of hydrogen-bond acceptors (Lipinski definition) is 5. The van der Waals surface area contributed by atoms with Crippen molar-refractivity contribution in [3.05, 3.63) is 45.6 Å². The fourth-order valence-corrected chi connectivity index (χ4v) is 2.63. The Labute approximate surface area is 148 Å². The van der Waals surface area contributed by atoms with Crippen LogP contribution in [0.4, 0.5) is 10.5 Å². The number of nitrogens with zero attached hydrogens (tertiary/aromatic N) is 3. The smallest absolute Gasteiger partial charge is 0.410 e. The van der Waals surface area contributed by atoms with E-state index in [-0.39, 0.29) is 11.8 Å². The van der Waals surface area contributed by atoms with Crippen molar-refractivity contribution in [2.45, 2.75) is 33.3 Å². The van der Waals surface area contributed by atoms with Gasteiger partial charge >= 0.3 is 6.09 Å². The van der Waals surface area contributed by atoms with Crippen LogP contribution in [0.3, 0.4) is 0 Å². The van der Waals surface area contributed by atoms with E-state index in [9.17, 15) is 14.9 Å². The third-order valence-corrected chi connectivity index (χ3v) is 3.86. The van der Waals surface area contributed by atoms with Crippen LogP contribution in [-0.4, -0.2) is 47.7 Å². The Morgan fingerprint density at radius 3 is 2.36 bits per heavy atom. The highest BCUT2D eigenvalue weighted by Gasteiger charge is 2.26. The number of anilines is 1. The lowest BCUT2D eigenvalue weighted by Gasteiger charge is -2.37. The maximum atomic E-state index is 12.1. The van der Waals surface area contributed by atoms with Crippen molar-refractivity contribution in [3.8, 4) is 0 Å². The Balaban J connectivity index is 2.08. The van der Waals surface area contributed by atoms with Crippen LogP contribution < -0.4 is 4.90 Å². The quantitative estimate of drug-likeness (QED) is 0.619. The molecule has 0 aliphatic carbocycles. The molecule has 0 bridgehead atoms. The lowest BCUT2D eigenvalue weighted by Crippen LogP contribution is -2.50. The first-order valence-corrected chi connectivity index (χ1v) is 8.32. The number of para-hydroxylation sites is 1. The molecule has 7 nitrogen and oxygen atoms in total. The summed E-state index contributed by atoms with van der Waals surface area (Å²) in [5.74, 6) is 0. The Morgan fingerprint density at radius 1 is 1.20 bits per heavy atom. The molecule has 2 rings (SSSR count). The molecule has 1 aliphatic rings. The van der Waals surface area contributed by atoms with E-state index in [1.807, 2.05) is 45.0 Å². The lowest BCUT2D eigenvalue weighted by atomic mass is 10.1. The summed E-state index contributed by atoms with van der Waals surface area (Å²) in [6.45, 7) is 9.45. The molecule has 0 N–H and O–H groups in total. The summed E-state index contributed by atoms with van der Waals surface area (Å²) in [4.78, 5) is 26.5. The van der Waals surface area contributed by atoms with Crippen molar-refractivity contribution < 1.29 is 14.5 Å². The molecule has 1 saturated heterocycles. The van der Waals surface area contributed by atoms with Gasteiger partial charge in [-0.1, -0.05) is 18.2 Å². The molecule has 1 amide bonds. The predicted octanol–water partition coefficient (Wildman–Crippen LogP) is 3.38. The summed E-state index contributed by atoms with van der Waals surface area (Å²) in [5, 5.41) is 10.9. The number of allylic oxidation sites excluding steroid dienone is 1. The fraction of sp³-hybridized carbons (Fsp3) is 0.500. The number of carbonyl (C=O) groups excluding carboxylic acids is 1. The van der Waals surface area contributed by atoms with Crippen LogP contribution in [-0.2, 0) is 4.74 Å². The highest BCUT2D eigenvalue weighted by atomic mass is 16.6. The molecule has 1 aliphatic heterocycles. The third kappa shape index (κ3) is 5.20. The number of hydrogen-bond donors (Lipinski definition) is 0. The average Bonchev–Trinajstić information content (AvgIpc) is 2.54. The molecule has 136 valence electrons. The minimum atomic E-state index is -0.508. The van der Waals surface area contributed by atoms with E-state index in [4.69, 9.17) is 4.74 Å². The Kier molecular flexibility index (Phi) is 5.66. The maximum absolute atomic E-state index is 12.1. The number of carbonyl (C=O) groups is 1. The molecule has 0 radical (unpaired) electrons. The van der Waals surface area contributed by atoms with E-state index in [0.29, 0.717) is 26.2 Å². The van der Waals surface area contributed by atoms with E-state index in [1.54, 1.807) is 11.0 Å². The van der Waals surface area contributed by atoms with Crippen molar-refractivity contribution in [1.29, 1.82) is 0 Å². The third-order valence-electron chi connectivity index (χ3n) is 3.86. The number of rotatable bonds is 3. The molecule has 1 aromatic carbocycles. The summed E-state index contributed by atoms with van der Waals surface area (Å²) in [6, 6.07) is 7.58. The van der Waals surface area contributed by atoms with E-state index in [1.165, 1.54) is 6.92 Å². The van der Waals surface area contributed by atoms with Crippen molar-refractivity contribution >= 4 is 17.9 Å². The van der Waals surface area contributed by atoms with Crippen molar-refractivity contribution in [2.75, 3.05) is 31.1 Å².